The van der Waals surface area contributed by atoms with Gasteiger partial charge in [0.2, 0.25) is 0 Å². The van der Waals surface area contributed by atoms with E-state index in [-0.39, 0.29) is 5.82 Å². The third-order valence-electron chi connectivity index (χ3n) is 3.25. The van der Waals surface area contributed by atoms with Crippen molar-refractivity contribution in [1.29, 1.82) is 0 Å². The molecule has 0 unspecified atom stereocenters. The van der Waals surface area contributed by atoms with Crippen LogP contribution in [0.3, 0.4) is 0 Å². The molecule has 3 aromatic rings. The van der Waals surface area contributed by atoms with E-state index in [0.29, 0.717) is 17.7 Å². The van der Waals surface area contributed by atoms with Gasteiger partial charge in [-0.3, -0.25) is 0 Å². The highest BCUT2D eigenvalue weighted by molar-refractivity contribution is 5.88. The number of nitrogens with zero attached hydrogens (tertiary/aromatic N) is 2. The standard InChI is InChI=1S/C16H15FN4/c17-12-4-5-15-14(9-12)16(21-10-20-15)19-7-6-11-2-1-3-13(18)8-11/h1-5,8-10H,6-7,18H2,(H,19,20,21). The van der Waals surface area contributed by atoms with Crippen LogP contribution in [0.1, 0.15) is 5.56 Å². The first-order valence-electron chi connectivity index (χ1n) is 6.71. The highest BCUT2D eigenvalue weighted by Gasteiger charge is 2.04. The molecule has 0 atom stereocenters. The molecule has 0 saturated heterocycles. The lowest BCUT2D eigenvalue weighted by Crippen LogP contribution is -2.07. The van der Waals surface area contributed by atoms with Crippen molar-refractivity contribution in [3.63, 3.8) is 0 Å². The van der Waals surface area contributed by atoms with Crippen molar-refractivity contribution in [2.45, 2.75) is 6.42 Å². The maximum absolute atomic E-state index is 13.4. The van der Waals surface area contributed by atoms with E-state index in [9.17, 15) is 4.39 Å². The number of anilines is 2. The number of benzene rings is 2. The zero-order valence-electron chi connectivity index (χ0n) is 11.4. The summed E-state index contributed by atoms with van der Waals surface area (Å²) in [4.78, 5) is 8.31. The molecular weight excluding hydrogens is 267 g/mol. The van der Waals surface area contributed by atoms with Crippen LogP contribution in [0.15, 0.2) is 48.8 Å². The Bertz CT molecular complexity index is 773. The fraction of sp³-hybridized carbons (Fsp3) is 0.125. The predicted molar refractivity (Wildman–Crippen MR) is 82.5 cm³/mol. The van der Waals surface area contributed by atoms with E-state index in [1.165, 1.54) is 18.5 Å². The Hall–Kier alpha value is -2.69. The van der Waals surface area contributed by atoms with Crippen molar-refractivity contribution in [2.75, 3.05) is 17.6 Å². The summed E-state index contributed by atoms with van der Waals surface area (Å²) in [5.74, 6) is 0.347. The Kier molecular flexibility index (Phi) is 3.64. The molecule has 21 heavy (non-hydrogen) atoms. The molecule has 3 N–H and O–H groups in total. The van der Waals surface area contributed by atoms with Gasteiger partial charge in [-0.15, -0.1) is 0 Å². The average Bonchev–Trinajstić information content (AvgIpc) is 2.48. The fourth-order valence-electron chi connectivity index (χ4n) is 2.24. The Morgan fingerprint density at radius 3 is 2.86 bits per heavy atom. The Morgan fingerprint density at radius 1 is 1.10 bits per heavy atom. The summed E-state index contributed by atoms with van der Waals surface area (Å²) in [7, 11) is 0. The molecule has 2 aromatic carbocycles. The van der Waals surface area contributed by atoms with E-state index < -0.39 is 0 Å². The molecule has 0 radical (unpaired) electrons. The van der Waals surface area contributed by atoms with Crippen molar-refractivity contribution in [3.8, 4) is 0 Å². The smallest absolute Gasteiger partial charge is 0.137 e. The molecule has 1 aromatic heterocycles. The summed E-state index contributed by atoms with van der Waals surface area (Å²) < 4.78 is 13.4. The number of fused-ring (bicyclic) bond motifs is 1. The minimum Gasteiger partial charge on any atom is -0.399 e. The molecule has 4 nitrogen and oxygen atoms in total. The Balaban J connectivity index is 1.75. The maximum Gasteiger partial charge on any atom is 0.137 e. The van der Waals surface area contributed by atoms with E-state index in [1.807, 2.05) is 24.3 Å². The van der Waals surface area contributed by atoms with Gasteiger partial charge in [-0.05, 0) is 42.3 Å². The molecule has 0 amide bonds. The lowest BCUT2D eigenvalue weighted by Gasteiger charge is -2.08. The monoisotopic (exact) mass is 282 g/mol. The minimum absolute atomic E-state index is 0.295. The summed E-state index contributed by atoms with van der Waals surface area (Å²) in [6.45, 7) is 0.687. The van der Waals surface area contributed by atoms with Crippen molar-refractivity contribution in [1.82, 2.24) is 9.97 Å². The summed E-state index contributed by atoms with van der Waals surface area (Å²) in [5, 5.41) is 3.91. The molecule has 3 rings (SSSR count). The van der Waals surface area contributed by atoms with E-state index in [0.717, 1.165) is 23.2 Å². The number of nitrogens with two attached hydrogens (primary N) is 1. The second-order valence-corrected chi connectivity index (χ2v) is 4.81. The molecule has 5 heteroatoms. The molecular formula is C16H15FN4. The first-order valence-corrected chi connectivity index (χ1v) is 6.71. The normalized spacial score (nSPS) is 10.7. The van der Waals surface area contributed by atoms with Gasteiger partial charge in [0, 0.05) is 17.6 Å². The van der Waals surface area contributed by atoms with Crippen LogP contribution in [0.4, 0.5) is 15.9 Å². The first kappa shape index (κ1) is 13.3. The lowest BCUT2D eigenvalue weighted by atomic mass is 10.1. The van der Waals surface area contributed by atoms with Crippen LogP contribution in [0.2, 0.25) is 0 Å². The highest BCUT2D eigenvalue weighted by Crippen LogP contribution is 2.20. The topological polar surface area (TPSA) is 63.8 Å². The zero-order valence-corrected chi connectivity index (χ0v) is 11.4. The van der Waals surface area contributed by atoms with Gasteiger partial charge in [0.15, 0.2) is 0 Å². The van der Waals surface area contributed by atoms with E-state index >= 15 is 0 Å². The van der Waals surface area contributed by atoms with Gasteiger partial charge in [0.1, 0.15) is 18.0 Å². The highest BCUT2D eigenvalue weighted by atomic mass is 19.1. The van der Waals surface area contributed by atoms with E-state index in [4.69, 9.17) is 5.73 Å². The molecule has 0 aliphatic rings. The van der Waals surface area contributed by atoms with Crippen molar-refractivity contribution in [2.24, 2.45) is 0 Å². The molecule has 106 valence electrons. The molecule has 0 bridgehead atoms. The van der Waals surface area contributed by atoms with Gasteiger partial charge < -0.3 is 11.1 Å². The second-order valence-electron chi connectivity index (χ2n) is 4.81. The zero-order chi connectivity index (χ0) is 14.7. The van der Waals surface area contributed by atoms with Crippen molar-refractivity contribution >= 4 is 22.4 Å². The fourth-order valence-corrected chi connectivity index (χ4v) is 2.24. The minimum atomic E-state index is -0.295. The number of halogens is 1. The second kappa shape index (κ2) is 5.75. The summed E-state index contributed by atoms with van der Waals surface area (Å²) in [5.41, 5.74) is 8.37. The first-order chi connectivity index (χ1) is 10.2. The van der Waals surface area contributed by atoms with Crippen LogP contribution in [0, 0.1) is 5.82 Å². The molecule has 1 heterocycles. The van der Waals surface area contributed by atoms with Gasteiger partial charge in [-0.25, -0.2) is 14.4 Å². The molecule has 0 fully saturated rings. The third-order valence-corrected chi connectivity index (χ3v) is 3.25. The van der Waals surface area contributed by atoms with E-state index in [1.54, 1.807) is 6.07 Å². The SMILES string of the molecule is Nc1cccc(CCNc2ncnc3ccc(F)cc23)c1. The summed E-state index contributed by atoms with van der Waals surface area (Å²) in [6, 6.07) is 12.2. The van der Waals surface area contributed by atoms with Gasteiger partial charge in [0.25, 0.3) is 0 Å². The van der Waals surface area contributed by atoms with Crippen LogP contribution in [0.25, 0.3) is 10.9 Å². The number of hydrogen-bond donors (Lipinski definition) is 2. The van der Waals surface area contributed by atoms with E-state index in [2.05, 4.69) is 15.3 Å². The third kappa shape index (κ3) is 3.08. The van der Waals surface area contributed by atoms with Gasteiger partial charge in [-0.1, -0.05) is 12.1 Å². The van der Waals surface area contributed by atoms with Crippen LogP contribution >= 0.6 is 0 Å². The quantitative estimate of drug-likeness (QED) is 0.722. The Morgan fingerprint density at radius 2 is 2.00 bits per heavy atom. The number of aromatic nitrogens is 2. The van der Waals surface area contributed by atoms with Crippen molar-refractivity contribution < 1.29 is 4.39 Å². The Labute approximate surface area is 121 Å². The predicted octanol–water partition coefficient (Wildman–Crippen LogP) is 3.01. The van der Waals surface area contributed by atoms with Crippen LogP contribution in [-0.2, 0) is 6.42 Å². The molecule has 0 aliphatic carbocycles. The van der Waals surface area contributed by atoms with Gasteiger partial charge >= 0.3 is 0 Å². The summed E-state index contributed by atoms with van der Waals surface area (Å²) >= 11 is 0. The van der Waals surface area contributed by atoms with Crippen LogP contribution in [-0.4, -0.2) is 16.5 Å². The van der Waals surface area contributed by atoms with Crippen LogP contribution < -0.4 is 11.1 Å². The molecule has 0 aliphatic heterocycles. The summed E-state index contributed by atoms with van der Waals surface area (Å²) in [6.07, 6.45) is 2.29. The molecule has 0 saturated carbocycles. The largest absolute Gasteiger partial charge is 0.399 e. The lowest BCUT2D eigenvalue weighted by molar-refractivity contribution is 0.629. The van der Waals surface area contributed by atoms with Crippen LogP contribution in [0.5, 0.6) is 0 Å². The average molecular weight is 282 g/mol. The van der Waals surface area contributed by atoms with Crippen molar-refractivity contribution in [3.05, 3.63) is 60.2 Å². The van der Waals surface area contributed by atoms with Gasteiger partial charge in [0.05, 0.1) is 5.52 Å². The number of hydrogen-bond acceptors (Lipinski definition) is 4. The van der Waals surface area contributed by atoms with Gasteiger partial charge in [-0.2, -0.15) is 0 Å². The maximum atomic E-state index is 13.4. The number of rotatable bonds is 4. The number of nitrogen functional groups attached to an aromatic ring is 1. The number of nitrogens with one attached hydrogen (secondary N) is 1. The molecule has 0 spiro atoms.